The first-order valence-electron chi connectivity index (χ1n) is 5.91. The van der Waals surface area contributed by atoms with Gasteiger partial charge in [-0.05, 0) is 24.6 Å². The number of rotatable bonds is 5. The van der Waals surface area contributed by atoms with Crippen LogP contribution < -0.4 is 15.8 Å². The molecule has 0 bridgehead atoms. The number of carbonyl (C=O) groups excluding carboxylic acids is 1. The first kappa shape index (κ1) is 16.3. The van der Waals surface area contributed by atoms with E-state index >= 15 is 0 Å². The summed E-state index contributed by atoms with van der Waals surface area (Å²) in [4.78, 5) is 11.5. The van der Waals surface area contributed by atoms with Gasteiger partial charge in [-0.15, -0.1) is 0 Å². The largest absolute Gasteiger partial charge is 0.497 e. The molecule has 3 N–H and O–H groups in total. The van der Waals surface area contributed by atoms with Crippen molar-refractivity contribution in [3.63, 3.8) is 0 Å². The molecule has 20 heavy (non-hydrogen) atoms. The van der Waals surface area contributed by atoms with Gasteiger partial charge in [-0.3, -0.25) is 4.79 Å². The Labute approximate surface area is 115 Å². The SMILES string of the molecule is COc1ccc(CNC(=O)CC(C)(N)C(F)(F)F)cc1. The van der Waals surface area contributed by atoms with Gasteiger partial charge in [0, 0.05) is 6.54 Å². The predicted octanol–water partition coefficient (Wildman–Crippen LogP) is 1.98. The Balaban J connectivity index is 2.51. The van der Waals surface area contributed by atoms with Crippen molar-refractivity contribution >= 4 is 5.91 Å². The number of benzene rings is 1. The quantitative estimate of drug-likeness (QED) is 0.871. The van der Waals surface area contributed by atoms with E-state index in [9.17, 15) is 18.0 Å². The Bertz CT molecular complexity index is 456. The lowest BCUT2D eigenvalue weighted by Crippen LogP contribution is -2.53. The van der Waals surface area contributed by atoms with Crippen molar-refractivity contribution in [2.75, 3.05) is 7.11 Å². The molecule has 0 aliphatic carbocycles. The lowest BCUT2D eigenvalue weighted by molar-refractivity contribution is -0.184. The third-order valence-corrected chi connectivity index (χ3v) is 2.82. The van der Waals surface area contributed by atoms with E-state index in [0.717, 1.165) is 12.5 Å². The number of halogens is 3. The molecular formula is C13H17F3N2O2. The van der Waals surface area contributed by atoms with E-state index in [2.05, 4.69) is 5.32 Å². The van der Waals surface area contributed by atoms with Crippen molar-refractivity contribution in [3.05, 3.63) is 29.8 Å². The van der Waals surface area contributed by atoms with Crippen LogP contribution in [0.1, 0.15) is 18.9 Å². The lowest BCUT2D eigenvalue weighted by atomic mass is 9.98. The van der Waals surface area contributed by atoms with Crippen LogP contribution in [0.15, 0.2) is 24.3 Å². The summed E-state index contributed by atoms with van der Waals surface area (Å²) in [7, 11) is 1.52. The zero-order chi connectivity index (χ0) is 15.4. The van der Waals surface area contributed by atoms with Crippen LogP contribution >= 0.6 is 0 Å². The first-order chi connectivity index (χ1) is 9.15. The molecule has 0 saturated heterocycles. The highest BCUT2D eigenvalue weighted by Crippen LogP contribution is 2.30. The van der Waals surface area contributed by atoms with Crippen molar-refractivity contribution in [1.29, 1.82) is 0 Å². The summed E-state index contributed by atoms with van der Waals surface area (Å²) < 4.78 is 42.5. The minimum absolute atomic E-state index is 0.136. The number of amides is 1. The molecule has 1 unspecified atom stereocenters. The summed E-state index contributed by atoms with van der Waals surface area (Å²) in [6, 6.07) is 6.82. The van der Waals surface area contributed by atoms with Crippen LogP contribution in [0.25, 0.3) is 0 Å². The molecule has 112 valence electrons. The van der Waals surface area contributed by atoms with E-state index in [0.29, 0.717) is 5.75 Å². The zero-order valence-electron chi connectivity index (χ0n) is 11.3. The molecule has 0 aromatic heterocycles. The Hall–Kier alpha value is -1.76. The third kappa shape index (κ3) is 4.41. The molecule has 1 aromatic carbocycles. The molecular weight excluding hydrogens is 273 g/mol. The molecule has 0 aliphatic rings. The highest BCUT2D eigenvalue weighted by atomic mass is 19.4. The minimum atomic E-state index is -4.62. The summed E-state index contributed by atoms with van der Waals surface area (Å²) in [6.07, 6.45) is -5.43. The van der Waals surface area contributed by atoms with E-state index < -0.39 is 24.0 Å². The monoisotopic (exact) mass is 290 g/mol. The highest BCUT2D eigenvalue weighted by molar-refractivity contribution is 5.77. The van der Waals surface area contributed by atoms with Gasteiger partial charge in [-0.2, -0.15) is 13.2 Å². The van der Waals surface area contributed by atoms with Crippen LogP contribution in [0.5, 0.6) is 5.75 Å². The van der Waals surface area contributed by atoms with Crippen LogP contribution in [-0.2, 0) is 11.3 Å². The maximum absolute atomic E-state index is 12.5. The number of nitrogens with one attached hydrogen (secondary N) is 1. The second kappa shape index (κ2) is 6.13. The lowest BCUT2D eigenvalue weighted by Gasteiger charge is -2.26. The molecule has 0 saturated carbocycles. The smallest absolute Gasteiger partial charge is 0.406 e. The van der Waals surface area contributed by atoms with Crippen LogP contribution in [0, 0.1) is 0 Å². The number of hydrogen-bond donors (Lipinski definition) is 2. The maximum Gasteiger partial charge on any atom is 0.406 e. The van der Waals surface area contributed by atoms with E-state index in [-0.39, 0.29) is 6.54 Å². The average molecular weight is 290 g/mol. The molecule has 0 spiro atoms. The number of ether oxygens (including phenoxy) is 1. The summed E-state index contributed by atoms with van der Waals surface area (Å²) in [6.45, 7) is 0.927. The topological polar surface area (TPSA) is 64.3 Å². The van der Waals surface area contributed by atoms with Gasteiger partial charge < -0.3 is 15.8 Å². The fraction of sp³-hybridized carbons (Fsp3) is 0.462. The standard InChI is InChI=1S/C13H17F3N2O2/c1-12(17,13(14,15)16)7-11(19)18-8-9-3-5-10(20-2)6-4-9/h3-6H,7-8,17H2,1-2H3,(H,18,19). The van der Waals surface area contributed by atoms with Crippen molar-refractivity contribution < 1.29 is 22.7 Å². The molecule has 0 fully saturated rings. The fourth-order valence-electron chi connectivity index (χ4n) is 1.44. The number of hydrogen-bond acceptors (Lipinski definition) is 3. The number of nitrogens with two attached hydrogens (primary N) is 1. The van der Waals surface area contributed by atoms with Gasteiger partial charge in [0.15, 0.2) is 0 Å². The van der Waals surface area contributed by atoms with Crippen molar-refractivity contribution in [1.82, 2.24) is 5.32 Å². The maximum atomic E-state index is 12.5. The van der Waals surface area contributed by atoms with Gasteiger partial charge in [0.2, 0.25) is 5.91 Å². The third-order valence-electron chi connectivity index (χ3n) is 2.82. The Morgan fingerprint density at radius 3 is 2.30 bits per heavy atom. The number of alkyl halides is 3. The molecule has 1 amide bonds. The van der Waals surface area contributed by atoms with E-state index in [4.69, 9.17) is 10.5 Å². The number of methoxy groups -OCH3 is 1. The zero-order valence-corrected chi connectivity index (χ0v) is 11.3. The first-order valence-corrected chi connectivity index (χ1v) is 5.91. The van der Waals surface area contributed by atoms with Crippen molar-refractivity contribution in [3.8, 4) is 5.75 Å². The van der Waals surface area contributed by atoms with Crippen LogP contribution in [0.3, 0.4) is 0 Å². The van der Waals surface area contributed by atoms with Crippen LogP contribution in [0.2, 0.25) is 0 Å². The molecule has 7 heteroatoms. The van der Waals surface area contributed by atoms with Gasteiger partial charge >= 0.3 is 6.18 Å². The Kier molecular flexibility index (Phi) is 4.99. The van der Waals surface area contributed by atoms with E-state index in [1.54, 1.807) is 24.3 Å². The normalized spacial score (nSPS) is 14.5. The van der Waals surface area contributed by atoms with Gasteiger partial charge in [-0.25, -0.2) is 0 Å². The summed E-state index contributed by atoms with van der Waals surface area (Å²) >= 11 is 0. The molecule has 0 aliphatic heterocycles. The highest BCUT2D eigenvalue weighted by Gasteiger charge is 2.49. The van der Waals surface area contributed by atoms with Gasteiger partial charge in [0.25, 0.3) is 0 Å². The van der Waals surface area contributed by atoms with Crippen LogP contribution in [0.4, 0.5) is 13.2 Å². The molecule has 0 heterocycles. The van der Waals surface area contributed by atoms with Crippen molar-refractivity contribution in [2.45, 2.75) is 31.6 Å². The molecule has 1 rings (SSSR count). The molecule has 1 aromatic rings. The van der Waals surface area contributed by atoms with Crippen molar-refractivity contribution in [2.24, 2.45) is 5.73 Å². The number of carbonyl (C=O) groups is 1. The fourth-order valence-corrected chi connectivity index (χ4v) is 1.44. The Morgan fingerprint density at radius 2 is 1.85 bits per heavy atom. The second-order valence-electron chi connectivity index (χ2n) is 4.72. The molecule has 1 atom stereocenters. The molecule has 4 nitrogen and oxygen atoms in total. The van der Waals surface area contributed by atoms with Crippen LogP contribution in [-0.4, -0.2) is 24.7 Å². The average Bonchev–Trinajstić information content (AvgIpc) is 2.35. The van der Waals surface area contributed by atoms with Gasteiger partial charge in [0.1, 0.15) is 11.3 Å². The summed E-state index contributed by atoms with van der Waals surface area (Å²) in [5, 5.41) is 2.40. The second-order valence-corrected chi connectivity index (χ2v) is 4.72. The predicted molar refractivity (Wildman–Crippen MR) is 68.1 cm³/mol. The van der Waals surface area contributed by atoms with Gasteiger partial charge in [0.05, 0.1) is 13.5 Å². The summed E-state index contributed by atoms with van der Waals surface area (Å²) in [5.74, 6) is -0.0881. The van der Waals surface area contributed by atoms with Gasteiger partial charge in [-0.1, -0.05) is 12.1 Å². The molecule has 0 radical (unpaired) electrons. The summed E-state index contributed by atoms with van der Waals surface area (Å²) in [5.41, 5.74) is 3.32. The Morgan fingerprint density at radius 1 is 1.30 bits per heavy atom. The minimum Gasteiger partial charge on any atom is -0.497 e. The van der Waals surface area contributed by atoms with E-state index in [1.807, 2.05) is 0 Å². The van der Waals surface area contributed by atoms with E-state index in [1.165, 1.54) is 7.11 Å².